The van der Waals surface area contributed by atoms with Crippen LogP contribution in [0, 0.1) is 5.92 Å². The van der Waals surface area contributed by atoms with Crippen LogP contribution < -0.4 is 0 Å². The molecule has 0 heterocycles. The van der Waals surface area contributed by atoms with Crippen molar-refractivity contribution >= 4 is 0 Å². The molecule has 0 fully saturated rings. The number of benzene rings is 2. The van der Waals surface area contributed by atoms with Crippen molar-refractivity contribution < 1.29 is 5.11 Å². The van der Waals surface area contributed by atoms with Crippen LogP contribution in [-0.4, -0.2) is 10.7 Å². The number of hydrogen-bond donors (Lipinski definition) is 1. The highest BCUT2D eigenvalue weighted by Gasteiger charge is 2.35. The Hall–Kier alpha value is -1.60. The number of hydrogen-bond acceptors (Lipinski definition) is 1. The lowest BCUT2D eigenvalue weighted by Gasteiger charge is -2.37. The third-order valence-electron chi connectivity index (χ3n) is 4.36. The Labute approximate surface area is 122 Å². The smallest absolute Gasteiger partial charge is 0.0713 e. The highest BCUT2D eigenvalue weighted by Crippen LogP contribution is 2.36. The average Bonchev–Trinajstić information content (AvgIpc) is 2.46. The minimum Gasteiger partial charge on any atom is -0.389 e. The first kappa shape index (κ1) is 14.8. The molecule has 0 amide bonds. The third kappa shape index (κ3) is 3.29. The lowest BCUT2D eigenvalue weighted by molar-refractivity contribution is -0.0135. The highest BCUT2D eigenvalue weighted by atomic mass is 16.3. The molecule has 2 rings (SSSR count). The van der Waals surface area contributed by atoms with E-state index in [-0.39, 0.29) is 11.8 Å². The van der Waals surface area contributed by atoms with Crippen molar-refractivity contribution in [3.05, 3.63) is 71.8 Å². The van der Waals surface area contributed by atoms with Gasteiger partial charge in [0.1, 0.15) is 0 Å². The molecule has 0 aliphatic heterocycles. The van der Waals surface area contributed by atoms with Crippen LogP contribution in [0.4, 0.5) is 0 Å². The standard InChI is InChI=1S/C19H24O/c1-15(2)19(3,20)18(17-12-8-5-9-13-17)14-16-10-6-4-7-11-16/h4-13,15,18,20H,14H2,1-3H3. The quantitative estimate of drug-likeness (QED) is 0.851. The summed E-state index contributed by atoms with van der Waals surface area (Å²) in [5.74, 6) is 0.308. The maximum Gasteiger partial charge on any atom is 0.0713 e. The number of aliphatic hydroxyl groups is 1. The second-order valence-corrected chi connectivity index (χ2v) is 6.03. The van der Waals surface area contributed by atoms with Crippen molar-refractivity contribution in [2.24, 2.45) is 5.92 Å². The van der Waals surface area contributed by atoms with Crippen molar-refractivity contribution in [2.75, 3.05) is 0 Å². The lowest BCUT2D eigenvalue weighted by atomic mass is 9.73. The molecule has 1 nitrogen and oxygen atoms in total. The summed E-state index contributed by atoms with van der Waals surface area (Å²) >= 11 is 0. The SMILES string of the molecule is CC(C)C(C)(O)C(Cc1ccccc1)c1ccccc1. The van der Waals surface area contributed by atoms with E-state index in [9.17, 15) is 5.11 Å². The second-order valence-electron chi connectivity index (χ2n) is 6.03. The Kier molecular flexibility index (Phi) is 4.61. The van der Waals surface area contributed by atoms with E-state index in [4.69, 9.17) is 0 Å². The Morgan fingerprint density at radius 3 is 1.90 bits per heavy atom. The molecule has 2 atom stereocenters. The largest absolute Gasteiger partial charge is 0.389 e. The Balaban J connectivity index is 2.35. The Morgan fingerprint density at radius 1 is 0.900 bits per heavy atom. The lowest BCUT2D eigenvalue weighted by Crippen LogP contribution is -2.39. The number of rotatable bonds is 5. The maximum absolute atomic E-state index is 11.0. The van der Waals surface area contributed by atoms with E-state index in [1.807, 2.05) is 31.2 Å². The molecule has 0 bridgehead atoms. The molecular formula is C19H24O. The molecule has 1 N–H and O–H groups in total. The van der Waals surface area contributed by atoms with Crippen LogP contribution in [0.1, 0.15) is 37.8 Å². The van der Waals surface area contributed by atoms with Gasteiger partial charge >= 0.3 is 0 Å². The van der Waals surface area contributed by atoms with E-state index in [1.54, 1.807) is 0 Å². The summed E-state index contributed by atoms with van der Waals surface area (Å²) in [7, 11) is 0. The van der Waals surface area contributed by atoms with Gasteiger partial charge in [-0.15, -0.1) is 0 Å². The monoisotopic (exact) mass is 268 g/mol. The van der Waals surface area contributed by atoms with Gasteiger partial charge in [-0.3, -0.25) is 0 Å². The first-order valence-corrected chi connectivity index (χ1v) is 7.33. The molecule has 2 aromatic rings. The predicted octanol–water partition coefficient (Wildman–Crippen LogP) is 4.42. The van der Waals surface area contributed by atoms with E-state index in [0.717, 1.165) is 6.42 Å². The van der Waals surface area contributed by atoms with Gasteiger partial charge in [0.05, 0.1) is 5.60 Å². The zero-order valence-corrected chi connectivity index (χ0v) is 12.6. The van der Waals surface area contributed by atoms with Crippen LogP contribution >= 0.6 is 0 Å². The van der Waals surface area contributed by atoms with Crippen molar-refractivity contribution in [1.82, 2.24) is 0 Å². The van der Waals surface area contributed by atoms with Gasteiger partial charge < -0.3 is 5.11 Å². The summed E-state index contributed by atoms with van der Waals surface area (Å²) < 4.78 is 0. The topological polar surface area (TPSA) is 20.2 Å². The van der Waals surface area contributed by atoms with Gasteiger partial charge in [0, 0.05) is 5.92 Å². The Morgan fingerprint density at radius 2 is 1.40 bits per heavy atom. The van der Waals surface area contributed by atoms with Crippen LogP contribution in [-0.2, 0) is 6.42 Å². The van der Waals surface area contributed by atoms with Gasteiger partial charge in [0.25, 0.3) is 0 Å². The summed E-state index contributed by atoms with van der Waals surface area (Å²) in [5, 5.41) is 11.0. The van der Waals surface area contributed by atoms with Gasteiger partial charge in [-0.05, 0) is 30.4 Å². The van der Waals surface area contributed by atoms with Crippen molar-refractivity contribution in [3.8, 4) is 0 Å². The average molecular weight is 268 g/mol. The van der Waals surface area contributed by atoms with Crippen LogP contribution in [0.15, 0.2) is 60.7 Å². The first-order valence-electron chi connectivity index (χ1n) is 7.33. The fourth-order valence-electron chi connectivity index (χ4n) is 2.60. The van der Waals surface area contributed by atoms with Crippen molar-refractivity contribution in [3.63, 3.8) is 0 Å². The fourth-order valence-corrected chi connectivity index (χ4v) is 2.60. The van der Waals surface area contributed by atoms with Gasteiger partial charge in [-0.2, -0.15) is 0 Å². The summed E-state index contributed by atoms with van der Waals surface area (Å²) in [6.07, 6.45) is 0.857. The maximum atomic E-state index is 11.0. The van der Waals surface area contributed by atoms with E-state index in [0.29, 0.717) is 0 Å². The summed E-state index contributed by atoms with van der Waals surface area (Å²) in [4.78, 5) is 0. The minimum atomic E-state index is -0.725. The summed E-state index contributed by atoms with van der Waals surface area (Å²) in [6.45, 7) is 6.13. The van der Waals surface area contributed by atoms with Crippen LogP contribution in [0.5, 0.6) is 0 Å². The molecule has 0 saturated carbocycles. The van der Waals surface area contributed by atoms with Gasteiger partial charge in [-0.1, -0.05) is 74.5 Å². The minimum absolute atomic E-state index is 0.103. The molecule has 2 unspecified atom stereocenters. The van der Waals surface area contributed by atoms with Crippen molar-refractivity contribution in [2.45, 2.75) is 38.7 Å². The third-order valence-corrected chi connectivity index (χ3v) is 4.36. The van der Waals surface area contributed by atoms with E-state index >= 15 is 0 Å². The summed E-state index contributed by atoms with van der Waals surface area (Å²) in [5.41, 5.74) is 1.74. The molecular weight excluding hydrogens is 244 g/mol. The second kappa shape index (κ2) is 6.23. The van der Waals surface area contributed by atoms with Gasteiger partial charge in [-0.25, -0.2) is 0 Å². The van der Waals surface area contributed by atoms with Crippen LogP contribution in [0.3, 0.4) is 0 Å². The molecule has 0 aromatic heterocycles. The zero-order chi connectivity index (χ0) is 14.6. The first-order chi connectivity index (χ1) is 9.51. The zero-order valence-electron chi connectivity index (χ0n) is 12.6. The van der Waals surface area contributed by atoms with Crippen LogP contribution in [0.25, 0.3) is 0 Å². The predicted molar refractivity (Wildman–Crippen MR) is 84.8 cm³/mol. The molecule has 0 aliphatic carbocycles. The molecule has 106 valence electrons. The molecule has 0 spiro atoms. The highest BCUT2D eigenvalue weighted by molar-refractivity contribution is 5.27. The van der Waals surface area contributed by atoms with Gasteiger partial charge in [0.15, 0.2) is 0 Å². The molecule has 0 saturated heterocycles. The van der Waals surface area contributed by atoms with E-state index < -0.39 is 5.60 Å². The van der Waals surface area contributed by atoms with E-state index in [2.05, 4.69) is 50.2 Å². The molecule has 1 heteroatoms. The van der Waals surface area contributed by atoms with Crippen molar-refractivity contribution in [1.29, 1.82) is 0 Å². The fraction of sp³-hybridized carbons (Fsp3) is 0.368. The molecule has 20 heavy (non-hydrogen) atoms. The summed E-state index contributed by atoms with van der Waals surface area (Å²) in [6, 6.07) is 20.7. The molecule has 0 aliphatic rings. The van der Waals surface area contributed by atoms with Crippen LogP contribution in [0.2, 0.25) is 0 Å². The molecule has 2 aromatic carbocycles. The Bertz CT molecular complexity index is 514. The van der Waals surface area contributed by atoms with E-state index in [1.165, 1.54) is 11.1 Å². The molecule has 0 radical (unpaired) electrons. The normalized spacial score (nSPS) is 15.8. The van der Waals surface area contributed by atoms with Gasteiger partial charge in [0.2, 0.25) is 0 Å².